The predicted octanol–water partition coefficient (Wildman–Crippen LogP) is 1.46. The van der Waals surface area contributed by atoms with Crippen molar-refractivity contribution in [2.45, 2.75) is 6.92 Å². The highest BCUT2D eigenvalue weighted by Crippen LogP contribution is 2.11. The Morgan fingerprint density at radius 2 is 2.07 bits per heavy atom. The first-order valence-electron chi connectivity index (χ1n) is 4.85. The van der Waals surface area contributed by atoms with Gasteiger partial charge in [-0.1, -0.05) is 12.1 Å². The van der Waals surface area contributed by atoms with Crippen LogP contribution < -0.4 is 5.73 Å². The zero-order valence-corrected chi connectivity index (χ0v) is 8.73. The van der Waals surface area contributed by atoms with Gasteiger partial charge in [-0.25, -0.2) is 4.79 Å². The number of anilines is 1. The summed E-state index contributed by atoms with van der Waals surface area (Å²) in [6.45, 7) is 3.16. The molecule has 0 atom stereocenters. The van der Waals surface area contributed by atoms with Gasteiger partial charge in [0, 0.05) is 12.3 Å². The van der Waals surface area contributed by atoms with Crippen LogP contribution in [-0.2, 0) is 9.47 Å². The van der Waals surface area contributed by atoms with Gasteiger partial charge in [-0.2, -0.15) is 0 Å². The molecule has 0 amide bonds. The lowest BCUT2D eigenvalue weighted by atomic mass is 10.2. The van der Waals surface area contributed by atoms with E-state index in [-0.39, 0.29) is 6.61 Å². The van der Waals surface area contributed by atoms with E-state index in [0.717, 1.165) is 0 Å². The molecule has 0 radical (unpaired) electrons. The Kier molecular flexibility index (Phi) is 4.63. The normalized spacial score (nSPS) is 9.93. The monoisotopic (exact) mass is 209 g/mol. The van der Waals surface area contributed by atoms with E-state index in [9.17, 15) is 4.79 Å². The smallest absolute Gasteiger partial charge is 0.340 e. The average Bonchev–Trinajstić information content (AvgIpc) is 2.25. The molecule has 0 heterocycles. The first-order chi connectivity index (χ1) is 7.25. The second kappa shape index (κ2) is 6.03. The number of benzene rings is 1. The summed E-state index contributed by atoms with van der Waals surface area (Å²) in [5.74, 6) is -0.409. The summed E-state index contributed by atoms with van der Waals surface area (Å²) in [4.78, 5) is 11.5. The maximum absolute atomic E-state index is 11.5. The molecule has 82 valence electrons. The highest BCUT2D eigenvalue weighted by atomic mass is 16.6. The highest BCUT2D eigenvalue weighted by molar-refractivity contribution is 5.94. The lowest BCUT2D eigenvalue weighted by molar-refractivity contribution is 0.0336. The summed E-state index contributed by atoms with van der Waals surface area (Å²) < 4.78 is 10.0. The van der Waals surface area contributed by atoms with E-state index in [4.69, 9.17) is 15.2 Å². The molecule has 0 aliphatic carbocycles. The minimum Gasteiger partial charge on any atom is -0.460 e. The van der Waals surface area contributed by atoms with Crippen LogP contribution in [0.1, 0.15) is 17.3 Å². The van der Waals surface area contributed by atoms with Crippen molar-refractivity contribution < 1.29 is 14.3 Å². The first-order valence-corrected chi connectivity index (χ1v) is 4.85. The fourth-order valence-corrected chi connectivity index (χ4v) is 1.10. The minimum absolute atomic E-state index is 0.251. The standard InChI is InChI=1S/C11H15NO3/c1-2-14-7-8-15-11(13)9-5-3-4-6-10(9)12/h3-6H,2,7-8,12H2,1H3. The molecule has 0 fully saturated rings. The molecule has 2 N–H and O–H groups in total. The van der Waals surface area contributed by atoms with E-state index >= 15 is 0 Å². The van der Waals surface area contributed by atoms with Crippen molar-refractivity contribution in [2.24, 2.45) is 0 Å². The lowest BCUT2D eigenvalue weighted by Crippen LogP contribution is -2.12. The largest absolute Gasteiger partial charge is 0.460 e. The molecule has 4 nitrogen and oxygen atoms in total. The molecule has 0 saturated carbocycles. The van der Waals surface area contributed by atoms with Gasteiger partial charge < -0.3 is 15.2 Å². The van der Waals surface area contributed by atoms with Gasteiger partial charge in [-0.15, -0.1) is 0 Å². The van der Waals surface area contributed by atoms with Gasteiger partial charge in [0.15, 0.2) is 0 Å². The van der Waals surface area contributed by atoms with E-state index in [1.54, 1.807) is 24.3 Å². The zero-order chi connectivity index (χ0) is 11.1. The Morgan fingerprint density at radius 3 is 2.73 bits per heavy atom. The van der Waals surface area contributed by atoms with Gasteiger partial charge in [0.1, 0.15) is 6.61 Å². The second-order valence-corrected chi connectivity index (χ2v) is 2.92. The van der Waals surface area contributed by atoms with Gasteiger partial charge >= 0.3 is 5.97 Å². The third-order valence-corrected chi connectivity index (χ3v) is 1.85. The number of rotatable bonds is 5. The number of esters is 1. The van der Waals surface area contributed by atoms with Gasteiger partial charge in [0.2, 0.25) is 0 Å². The van der Waals surface area contributed by atoms with E-state index in [0.29, 0.717) is 24.5 Å². The molecular formula is C11H15NO3. The fraction of sp³-hybridized carbons (Fsp3) is 0.364. The quantitative estimate of drug-likeness (QED) is 0.453. The molecule has 1 rings (SSSR count). The van der Waals surface area contributed by atoms with Crippen molar-refractivity contribution >= 4 is 11.7 Å². The van der Waals surface area contributed by atoms with Crippen LogP contribution in [-0.4, -0.2) is 25.8 Å². The summed E-state index contributed by atoms with van der Waals surface area (Å²) in [5, 5.41) is 0. The first kappa shape index (κ1) is 11.5. The second-order valence-electron chi connectivity index (χ2n) is 2.92. The summed E-state index contributed by atoms with van der Waals surface area (Å²) >= 11 is 0. The van der Waals surface area contributed by atoms with Gasteiger partial charge in [-0.05, 0) is 19.1 Å². The zero-order valence-electron chi connectivity index (χ0n) is 8.73. The van der Waals surface area contributed by atoms with Crippen LogP contribution in [0.15, 0.2) is 24.3 Å². The van der Waals surface area contributed by atoms with E-state index in [1.165, 1.54) is 0 Å². The van der Waals surface area contributed by atoms with Gasteiger partial charge in [-0.3, -0.25) is 0 Å². The lowest BCUT2D eigenvalue weighted by Gasteiger charge is -2.06. The number of carbonyl (C=O) groups is 1. The van der Waals surface area contributed by atoms with Gasteiger partial charge in [0.25, 0.3) is 0 Å². The molecule has 1 aromatic rings. The van der Waals surface area contributed by atoms with Crippen LogP contribution in [0.25, 0.3) is 0 Å². The van der Waals surface area contributed by atoms with E-state index < -0.39 is 5.97 Å². The van der Waals surface area contributed by atoms with Crippen molar-refractivity contribution in [1.29, 1.82) is 0 Å². The third kappa shape index (κ3) is 3.59. The SMILES string of the molecule is CCOCCOC(=O)c1ccccc1N. The van der Waals surface area contributed by atoms with Crippen molar-refractivity contribution in [2.75, 3.05) is 25.6 Å². The molecule has 0 bridgehead atoms. The van der Waals surface area contributed by atoms with Crippen LogP contribution >= 0.6 is 0 Å². The molecule has 0 aliphatic heterocycles. The number of para-hydroxylation sites is 1. The molecule has 4 heteroatoms. The summed E-state index contributed by atoms with van der Waals surface area (Å²) in [7, 11) is 0. The van der Waals surface area contributed by atoms with Crippen LogP contribution in [0.3, 0.4) is 0 Å². The predicted molar refractivity (Wildman–Crippen MR) is 57.6 cm³/mol. The minimum atomic E-state index is -0.409. The molecule has 0 spiro atoms. The molecule has 0 aromatic heterocycles. The Hall–Kier alpha value is -1.55. The Morgan fingerprint density at radius 1 is 1.33 bits per heavy atom. The number of nitrogen functional groups attached to an aromatic ring is 1. The Labute approximate surface area is 89.0 Å². The van der Waals surface area contributed by atoms with Crippen LogP contribution in [0.5, 0.6) is 0 Å². The number of nitrogens with two attached hydrogens (primary N) is 1. The molecule has 0 unspecified atom stereocenters. The third-order valence-electron chi connectivity index (χ3n) is 1.85. The van der Waals surface area contributed by atoms with Crippen molar-refractivity contribution in [3.8, 4) is 0 Å². The molecular weight excluding hydrogens is 194 g/mol. The number of ether oxygens (including phenoxy) is 2. The van der Waals surface area contributed by atoms with E-state index in [1.807, 2.05) is 6.92 Å². The van der Waals surface area contributed by atoms with Crippen LogP contribution in [0.2, 0.25) is 0 Å². The maximum Gasteiger partial charge on any atom is 0.340 e. The average molecular weight is 209 g/mol. The Bertz CT molecular complexity index is 325. The van der Waals surface area contributed by atoms with E-state index in [2.05, 4.69) is 0 Å². The number of hydrogen-bond donors (Lipinski definition) is 1. The summed E-state index contributed by atoms with van der Waals surface area (Å²) in [6, 6.07) is 6.82. The molecule has 0 aliphatic rings. The molecule has 0 saturated heterocycles. The van der Waals surface area contributed by atoms with Crippen LogP contribution in [0.4, 0.5) is 5.69 Å². The molecule has 1 aromatic carbocycles. The van der Waals surface area contributed by atoms with Crippen molar-refractivity contribution in [3.05, 3.63) is 29.8 Å². The topological polar surface area (TPSA) is 61.5 Å². The van der Waals surface area contributed by atoms with Crippen molar-refractivity contribution in [3.63, 3.8) is 0 Å². The maximum atomic E-state index is 11.5. The highest BCUT2D eigenvalue weighted by Gasteiger charge is 2.09. The van der Waals surface area contributed by atoms with Crippen molar-refractivity contribution in [1.82, 2.24) is 0 Å². The fourth-order valence-electron chi connectivity index (χ4n) is 1.10. The Balaban J connectivity index is 2.44. The molecule has 15 heavy (non-hydrogen) atoms. The van der Waals surface area contributed by atoms with Crippen LogP contribution in [0, 0.1) is 0 Å². The summed E-state index contributed by atoms with van der Waals surface area (Å²) in [5.41, 5.74) is 6.45. The number of carbonyl (C=O) groups excluding carboxylic acids is 1. The number of hydrogen-bond acceptors (Lipinski definition) is 4. The summed E-state index contributed by atoms with van der Waals surface area (Å²) in [6.07, 6.45) is 0. The van der Waals surface area contributed by atoms with Gasteiger partial charge in [0.05, 0.1) is 12.2 Å².